The van der Waals surface area contributed by atoms with Gasteiger partial charge in [-0.3, -0.25) is 9.59 Å². The van der Waals surface area contributed by atoms with Crippen molar-refractivity contribution in [2.75, 3.05) is 13.1 Å². The molecule has 0 fully saturated rings. The fourth-order valence-electron chi connectivity index (χ4n) is 1.37. The summed E-state index contributed by atoms with van der Waals surface area (Å²) in [5.41, 5.74) is 0. The SMILES string of the molecule is CC(=O)NC[C@@H](C)CNC(=O)C1CC=C(Cl)S1. The first-order chi connectivity index (χ1) is 7.99. The average molecular weight is 277 g/mol. The summed E-state index contributed by atoms with van der Waals surface area (Å²) < 4.78 is 0.691. The molecule has 17 heavy (non-hydrogen) atoms. The van der Waals surface area contributed by atoms with E-state index in [4.69, 9.17) is 11.6 Å². The molecule has 1 aliphatic heterocycles. The molecule has 1 rings (SSSR count). The van der Waals surface area contributed by atoms with Crippen LogP contribution in [0.3, 0.4) is 0 Å². The predicted octanol–water partition coefficient (Wildman–Crippen LogP) is 1.46. The minimum atomic E-state index is -0.101. The van der Waals surface area contributed by atoms with E-state index < -0.39 is 0 Å². The van der Waals surface area contributed by atoms with Gasteiger partial charge in [0.2, 0.25) is 11.8 Å². The van der Waals surface area contributed by atoms with Crippen LogP contribution in [0.2, 0.25) is 0 Å². The highest BCUT2D eigenvalue weighted by molar-refractivity contribution is 8.06. The minimum absolute atomic E-state index is 0.0107. The Bertz CT molecular complexity index is 333. The average Bonchev–Trinajstić information content (AvgIpc) is 2.70. The molecule has 2 N–H and O–H groups in total. The standard InChI is InChI=1S/C11H17ClN2O2S/c1-7(5-13-8(2)15)6-14-11(16)9-3-4-10(12)17-9/h4,7,9H,3,5-6H2,1-2H3,(H,13,15)(H,14,16)/t7-,9?/m1/s1. The van der Waals surface area contributed by atoms with Crippen molar-refractivity contribution in [2.24, 2.45) is 5.92 Å². The summed E-state index contributed by atoms with van der Waals surface area (Å²) in [6.45, 7) is 4.59. The van der Waals surface area contributed by atoms with E-state index >= 15 is 0 Å². The normalized spacial score (nSPS) is 20.6. The Labute approximate surface area is 111 Å². The highest BCUT2D eigenvalue weighted by Crippen LogP contribution is 2.34. The summed E-state index contributed by atoms with van der Waals surface area (Å²) >= 11 is 7.18. The van der Waals surface area contributed by atoms with Crippen molar-refractivity contribution < 1.29 is 9.59 Å². The molecule has 1 aliphatic rings. The van der Waals surface area contributed by atoms with E-state index in [2.05, 4.69) is 10.6 Å². The number of hydrogen-bond acceptors (Lipinski definition) is 3. The quantitative estimate of drug-likeness (QED) is 0.799. The summed E-state index contributed by atoms with van der Waals surface area (Å²) in [6, 6.07) is 0. The van der Waals surface area contributed by atoms with E-state index in [1.165, 1.54) is 18.7 Å². The monoisotopic (exact) mass is 276 g/mol. The van der Waals surface area contributed by atoms with Crippen LogP contribution in [0.4, 0.5) is 0 Å². The molecule has 2 atom stereocenters. The van der Waals surface area contributed by atoms with Crippen LogP contribution in [-0.4, -0.2) is 30.2 Å². The molecule has 0 aliphatic carbocycles. The molecule has 96 valence electrons. The van der Waals surface area contributed by atoms with E-state index in [0.29, 0.717) is 23.9 Å². The van der Waals surface area contributed by atoms with Gasteiger partial charge in [-0.05, 0) is 12.3 Å². The fourth-order valence-corrected chi connectivity index (χ4v) is 2.63. The van der Waals surface area contributed by atoms with Gasteiger partial charge < -0.3 is 10.6 Å². The Morgan fingerprint density at radius 3 is 2.71 bits per heavy atom. The number of carbonyl (C=O) groups is 2. The smallest absolute Gasteiger partial charge is 0.233 e. The van der Waals surface area contributed by atoms with Crippen molar-refractivity contribution in [3.8, 4) is 0 Å². The van der Waals surface area contributed by atoms with Crippen LogP contribution in [0.25, 0.3) is 0 Å². The first kappa shape index (κ1) is 14.4. The van der Waals surface area contributed by atoms with Crippen LogP contribution in [0.1, 0.15) is 20.3 Å². The van der Waals surface area contributed by atoms with E-state index in [9.17, 15) is 9.59 Å². The van der Waals surface area contributed by atoms with Gasteiger partial charge in [0.15, 0.2) is 0 Å². The lowest BCUT2D eigenvalue weighted by Crippen LogP contribution is -2.38. The fraction of sp³-hybridized carbons (Fsp3) is 0.636. The number of hydrogen-bond donors (Lipinski definition) is 2. The third-order valence-corrected chi connectivity index (χ3v) is 3.87. The number of amides is 2. The van der Waals surface area contributed by atoms with E-state index in [0.717, 1.165) is 0 Å². The zero-order valence-electron chi connectivity index (χ0n) is 9.96. The molecule has 1 heterocycles. The van der Waals surface area contributed by atoms with Crippen LogP contribution in [0, 0.1) is 5.92 Å². The lowest BCUT2D eigenvalue weighted by molar-refractivity contribution is -0.120. The lowest BCUT2D eigenvalue weighted by atomic mass is 10.1. The van der Waals surface area contributed by atoms with Gasteiger partial charge in [-0.1, -0.05) is 24.6 Å². The van der Waals surface area contributed by atoms with Crippen molar-refractivity contribution in [1.29, 1.82) is 0 Å². The highest BCUT2D eigenvalue weighted by Gasteiger charge is 2.24. The van der Waals surface area contributed by atoms with Gasteiger partial charge in [0.05, 0.1) is 9.61 Å². The van der Waals surface area contributed by atoms with Crippen molar-refractivity contribution in [3.63, 3.8) is 0 Å². The van der Waals surface area contributed by atoms with Crippen molar-refractivity contribution in [3.05, 3.63) is 10.4 Å². The second-order valence-electron chi connectivity index (χ2n) is 4.14. The largest absolute Gasteiger partial charge is 0.356 e. The first-order valence-corrected chi connectivity index (χ1v) is 6.79. The van der Waals surface area contributed by atoms with Crippen LogP contribution in [0.5, 0.6) is 0 Å². The molecule has 6 heteroatoms. The topological polar surface area (TPSA) is 58.2 Å². The highest BCUT2D eigenvalue weighted by atomic mass is 35.5. The molecule has 0 bridgehead atoms. The zero-order valence-corrected chi connectivity index (χ0v) is 11.5. The van der Waals surface area contributed by atoms with E-state index in [1.807, 2.05) is 13.0 Å². The molecule has 2 amide bonds. The van der Waals surface area contributed by atoms with Crippen LogP contribution in [-0.2, 0) is 9.59 Å². The molecule has 0 aromatic rings. The second kappa shape index (κ2) is 6.91. The van der Waals surface area contributed by atoms with Gasteiger partial charge in [-0.2, -0.15) is 0 Å². The molecule has 0 saturated heterocycles. The summed E-state index contributed by atoms with van der Waals surface area (Å²) in [4.78, 5) is 22.4. The van der Waals surface area contributed by atoms with Crippen molar-refractivity contribution in [2.45, 2.75) is 25.5 Å². The maximum absolute atomic E-state index is 11.7. The number of halogens is 1. The molecule has 0 spiro atoms. The Morgan fingerprint density at radius 2 is 2.18 bits per heavy atom. The molecule has 0 radical (unpaired) electrons. The van der Waals surface area contributed by atoms with Crippen molar-refractivity contribution >= 4 is 35.2 Å². The summed E-state index contributed by atoms with van der Waals surface area (Å²) in [6.07, 6.45) is 2.55. The zero-order chi connectivity index (χ0) is 12.8. The Kier molecular flexibility index (Phi) is 5.85. The van der Waals surface area contributed by atoms with Gasteiger partial charge in [-0.15, -0.1) is 11.8 Å². The number of thioether (sulfide) groups is 1. The Morgan fingerprint density at radius 1 is 1.53 bits per heavy atom. The van der Waals surface area contributed by atoms with E-state index in [1.54, 1.807) is 0 Å². The van der Waals surface area contributed by atoms with Crippen LogP contribution >= 0.6 is 23.4 Å². The summed E-state index contributed by atoms with van der Waals surface area (Å²) in [7, 11) is 0. The summed E-state index contributed by atoms with van der Waals surface area (Å²) in [5, 5.41) is 5.48. The molecule has 0 aromatic heterocycles. The number of rotatable bonds is 5. The van der Waals surface area contributed by atoms with Gasteiger partial charge >= 0.3 is 0 Å². The second-order valence-corrected chi connectivity index (χ2v) is 6.01. The summed E-state index contributed by atoms with van der Waals surface area (Å²) in [5.74, 6) is 0.180. The maximum atomic E-state index is 11.7. The predicted molar refractivity (Wildman–Crippen MR) is 70.8 cm³/mol. The van der Waals surface area contributed by atoms with Gasteiger partial charge in [0.1, 0.15) is 0 Å². The number of carbonyl (C=O) groups excluding carboxylic acids is 2. The van der Waals surface area contributed by atoms with Gasteiger partial charge in [0, 0.05) is 20.0 Å². The minimum Gasteiger partial charge on any atom is -0.356 e. The molecular weight excluding hydrogens is 260 g/mol. The molecular formula is C11H17ClN2O2S. The first-order valence-electron chi connectivity index (χ1n) is 5.53. The Hall–Kier alpha value is -0.680. The number of allylic oxidation sites excluding steroid dienone is 1. The van der Waals surface area contributed by atoms with Crippen molar-refractivity contribution in [1.82, 2.24) is 10.6 Å². The molecule has 1 unspecified atom stereocenters. The lowest BCUT2D eigenvalue weighted by Gasteiger charge is -2.15. The Balaban J connectivity index is 2.17. The molecule has 4 nitrogen and oxygen atoms in total. The third-order valence-electron chi connectivity index (χ3n) is 2.36. The van der Waals surface area contributed by atoms with Crippen LogP contribution in [0.15, 0.2) is 10.4 Å². The van der Waals surface area contributed by atoms with Gasteiger partial charge in [0.25, 0.3) is 0 Å². The van der Waals surface area contributed by atoms with E-state index in [-0.39, 0.29) is 23.0 Å². The molecule has 0 aromatic carbocycles. The number of nitrogens with one attached hydrogen (secondary N) is 2. The maximum Gasteiger partial charge on any atom is 0.233 e. The molecule has 0 saturated carbocycles. The third kappa shape index (κ3) is 5.46. The van der Waals surface area contributed by atoms with Gasteiger partial charge in [-0.25, -0.2) is 0 Å². The van der Waals surface area contributed by atoms with Crippen LogP contribution < -0.4 is 10.6 Å².